The van der Waals surface area contributed by atoms with Gasteiger partial charge >= 0.3 is 0 Å². The standard InChI is InChI=1S/C18H17F3N4O2S/c19-12-4-6-16(25-28(26,27)11-2-3-11)18(17(12)21)23-15-5-1-10(9-13(15)20)14-7-8-22-24-14/h1,4-6,9,11,22-23,25H,2-3,7-8H2. The first-order chi connectivity index (χ1) is 13.3. The lowest BCUT2D eigenvalue weighted by Crippen LogP contribution is -2.18. The van der Waals surface area contributed by atoms with Crippen LogP contribution in [0, 0.1) is 17.5 Å². The molecule has 3 N–H and O–H groups in total. The van der Waals surface area contributed by atoms with Gasteiger partial charge in [-0.15, -0.1) is 0 Å². The molecule has 0 unspecified atom stereocenters. The maximum atomic E-state index is 14.5. The third kappa shape index (κ3) is 3.64. The van der Waals surface area contributed by atoms with Crippen LogP contribution >= 0.6 is 0 Å². The van der Waals surface area contributed by atoms with Crippen molar-refractivity contribution in [2.75, 3.05) is 16.6 Å². The van der Waals surface area contributed by atoms with Crippen LogP contribution in [-0.4, -0.2) is 25.9 Å². The molecule has 0 bridgehead atoms. The van der Waals surface area contributed by atoms with E-state index in [2.05, 4.69) is 20.6 Å². The topological polar surface area (TPSA) is 82.6 Å². The fourth-order valence-corrected chi connectivity index (χ4v) is 4.29. The zero-order valence-electron chi connectivity index (χ0n) is 14.6. The SMILES string of the molecule is O=S(=O)(Nc1ccc(F)c(F)c1Nc1ccc(C2=NNCC2)cc1F)C1CC1. The summed E-state index contributed by atoms with van der Waals surface area (Å²) in [6.45, 7) is 0.663. The fourth-order valence-electron chi connectivity index (χ4n) is 2.89. The number of benzene rings is 2. The van der Waals surface area contributed by atoms with E-state index in [1.165, 1.54) is 12.1 Å². The molecule has 0 saturated heterocycles. The van der Waals surface area contributed by atoms with Crippen molar-refractivity contribution < 1.29 is 21.6 Å². The molecule has 2 aliphatic rings. The maximum absolute atomic E-state index is 14.5. The Balaban J connectivity index is 1.66. The Kier molecular flexibility index (Phi) is 4.66. The van der Waals surface area contributed by atoms with Crippen LogP contribution in [0.2, 0.25) is 0 Å². The molecule has 1 fully saturated rings. The Morgan fingerprint density at radius 1 is 1.04 bits per heavy atom. The van der Waals surface area contributed by atoms with E-state index >= 15 is 0 Å². The van der Waals surface area contributed by atoms with Gasteiger partial charge in [0.2, 0.25) is 10.0 Å². The van der Waals surface area contributed by atoms with Gasteiger partial charge in [0.05, 0.1) is 22.3 Å². The molecule has 2 aromatic rings. The van der Waals surface area contributed by atoms with Crippen LogP contribution in [-0.2, 0) is 10.0 Å². The lowest BCUT2D eigenvalue weighted by molar-refractivity contribution is 0.512. The highest BCUT2D eigenvalue weighted by molar-refractivity contribution is 7.93. The van der Waals surface area contributed by atoms with Crippen molar-refractivity contribution in [2.24, 2.45) is 5.10 Å². The third-order valence-electron chi connectivity index (χ3n) is 4.56. The van der Waals surface area contributed by atoms with Gasteiger partial charge in [0.15, 0.2) is 11.6 Å². The number of hydrazone groups is 1. The molecular formula is C18H17F3N4O2S. The number of hydrogen-bond donors (Lipinski definition) is 3. The molecule has 0 amide bonds. The molecule has 0 aromatic heterocycles. The molecule has 2 aromatic carbocycles. The Morgan fingerprint density at radius 2 is 1.79 bits per heavy atom. The van der Waals surface area contributed by atoms with E-state index in [9.17, 15) is 21.6 Å². The monoisotopic (exact) mass is 410 g/mol. The molecule has 148 valence electrons. The highest BCUT2D eigenvalue weighted by Crippen LogP contribution is 2.35. The van der Waals surface area contributed by atoms with Crippen molar-refractivity contribution in [2.45, 2.75) is 24.5 Å². The van der Waals surface area contributed by atoms with Crippen LogP contribution in [0.1, 0.15) is 24.8 Å². The smallest absolute Gasteiger partial charge is 0.235 e. The molecule has 28 heavy (non-hydrogen) atoms. The quantitative estimate of drug-likeness (QED) is 0.681. The average Bonchev–Trinajstić information content (AvgIpc) is 3.39. The molecule has 1 saturated carbocycles. The zero-order valence-corrected chi connectivity index (χ0v) is 15.4. The van der Waals surface area contributed by atoms with Crippen molar-refractivity contribution in [3.8, 4) is 0 Å². The average molecular weight is 410 g/mol. The van der Waals surface area contributed by atoms with Crippen molar-refractivity contribution in [3.63, 3.8) is 0 Å². The summed E-state index contributed by atoms with van der Waals surface area (Å²) in [6, 6.07) is 6.12. The van der Waals surface area contributed by atoms with Gasteiger partial charge in [-0.05, 0) is 37.1 Å². The minimum atomic E-state index is -3.71. The lowest BCUT2D eigenvalue weighted by atomic mass is 10.1. The molecule has 1 aliphatic heterocycles. The summed E-state index contributed by atoms with van der Waals surface area (Å²) in [5, 5.41) is 5.98. The molecular weight excluding hydrogens is 393 g/mol. The summed E-state index contributed by atoms with van der Waals surface area (Å²) >= 11 is 0. The van der Waals surface area contributed by atoms with Gasteiger partial charge in [-0.2, -0.15) is 5.10 Å². The van der Waals surface area contributed by atoms with Crippen molar-refractivity contribution in [3.05, 3.63) is 53.3 Å². The van der Waals surface area contributed by atoms with Crippen LogP contribution in [0.15, 0.2) is 35.4 Å². The number of rotatable bonds is 6. The van der Waals surface area contributed by atoms with Crippen LogP contribution in [0.5, 0.6) is 0 Å². The van der Waals surface area contributed by atoms with Crippen LogP contribution in [0.3, 0.4) is 0 Å². The van der Waals surface area contributed by atoms with Gasteiger partial charge in [-0.3, -0.25) is 4.72 Å². The Labute approximate surface area is 159 Å². The third-order valence-corrected chi connectivity index (χ3v) is 6.41. The van der Waals surface area contributed by atoms with Gasteiger partial charge in [0.1, 0.15) is 11.5 Å². The number of sulfonamides is 1. The van der Waals surface area contributed by atoms with Crippen molar-refractivity contribution in [1.29, 1.82) is 0 Å². The van der Waals surface area contributed by atoms with E-state index in [0.717, 1.165) is 12.1 Å². The summed E-state index contributed by atoms with van der Waals surface area (Å²) in [4.78, 5) is 0. The summed E-state index contributed by atoms with van der Waals surface area (Å²) < 4.78 is 69.2. The molecule has 1 aliphatic carbocycles. The first-order valence-corrected chi connectivity index (χ1v) is 10.3. The molecule has 10 heteroatoms. The molecule has 0 radical (unpaired) electrons. The highest BCUT2D eigenvalue weighted by atomic mass is 32.2. The summed E-state index contributed by atoms with van der Waals surface area (Å²) in [5.41, 5.74) is 3.28. The molecule has 0 spiro atoms. The number of nitrogens with zero attached hydrogens (tertiary/aromatic N) is 1. The van der Waals surface area contributed by atoms with E-state index in [0.29, 0.717) is 37.1 Å². The molecule has 0 atom stereocenters. The van der Waals surface area contributed by atoms with Gasteiger partial charge in [-0.25, -0.2) is 21.6 Å². The fraction of sp³-hybridized carbons (Fsp3) is 0.278. The Bertz CT molecular complexity index is 1070. The number of nitrogens with one attached hydrogen (secondary N) is 3. The second-order valence-corrected chi connectivity index (χ2v) is 8.63. The summed E-state index contributed by atoms with van der Waals surface area (Å²) in [5.74, 6) is -3.18. The normalized spacial score (nSPS) is 16.5. The zero-order chi connectivity index (χ0) is 19.9. The number of anilines is 3. The van der Waals surface area contributed by atoms with Crippen LogP contribution in [0.25, 0.3) is 0 Å². The van der Waals surface area contributed by atoms with E-state index in [4.69, 9.17) is 0 Å². The second kappa shape index (κ2) is 7.01. The Hall–Kier alpha value is -2.75. The lowest BCUT2D eigenvalue weighted by Gasteiger charge is -2.16. The number of halogens is 3. The molecule has 4 rings (SSSR count). The van der Waals surface area contributed by atoms with Crippen molar-refractivity contribution in [1.82, 2.24) is 5.43 Å². The predicted molar refractivity (Wildman–Crippen MR) is 101 cm³/mol. The first-order valence-electron chi connectivity index (χ1n) is 8.71. The molecule has 1 heterocycles. The van der Waals surface area contributed by atoms with Crippen molar-refractivity contribution >= 4 is 32.8 Å². The van der Waals surface area contributed by atoms with E-state index in [1.807, 2.05) is 0 Å². The maximum Gasteiger partial charge on any atom is 0.235 e. The van der Waals surface area contributed by atoms with Crippen LogP contribution < -0.4 is 15.5 Å². The first kappa shape index (κ1) is 18.6. The Morgan fingerprint density at radius 3 is 2.43 bits per heavy atom. The largest absolute Gasteiger partial charge is 0.349 e. The minimum absolute atomic E-state index is 0.119. The second-order valence-electron chi connectivity index (χ2n) is 6.67. The summed E-state index contributed by atoms with van der Waals surface area (Å²) in [7, 11) is -3.71. The van der Waals surface area contributed by atoms with Gasteiger partial charge in [0.25, 0.3) is 0 Å². The van der Waals surface area contributed by atoms with Gasteiger partial charge in [0, 0.05) is 18.5 Å². The van der Waals surface area contributed by atoms with Gasteiger partial charge in [-0.1, -0.05) is 6.07 Å². The van der Waals surface area contributed by atoms with E-state index in [-0.39, 0.29) is 11.4 Å². The summed E-state index contributed by atoms with van der Waals surface area (Å²) in [6.07, 6.45) is 1.67. The van der Waals surface area contributed by atoms with Crippen LogP contribution in [0.4, 0.5) is 30.2 Å². The minimum Gasteiger partial charge on any atom is -0.349 e. The number of hydrogen-bond acceptors (Lipinski definition) is 5. The molecule has 6 nitrogen and oxygen atoms in total. The van der Waals surface area contributed by atoms with E-state index in [1.54, 1.807) is 6.07 Å². The van der Waals surface area contributed by atoms with Gasteiger partial charge < -0.3 is 10.7 Å². The van der Waals surface area contributed by atoms with E-state index < -0.39 is 38.4 Å². The predicted octanol–water partition coefficient (Wildman–Crippen LogP) is 3.45. The highest BCUT2D eigenvalue weighted by Gasteiger charge is 2.36.